The second-order valence-corrected chi connectivity index (χ2v) is 4.70. The lowest BCUT2D eigenvalue weighted by molar-refractivity contribution is -0.128. The second kappa shape index (κ2) is 4.67. The average molecular weight is 214 g/mol. The lowest BCUT2D eigenvalue weighted by Gasteiger charge is -2.18. The van der Waals surface area contributed by atoms with Crippen molar-refractivity contribution in [3.63, 3.8) is 0 Å². The van der Waals surface area contributed by atoms with E-state index in [-0.39, 0.29) is 5.91 Å². The van der Waals surface area contributed by atoms with Crippen LogP contribution in [0.1, 0.15) is 13.3 Å². The largest absolute Gasteiger partial charge is 0.388 e. The van der Waals surface area contributed by atoms with Gasteiger partial charge in [0.1, 0.15) is 0 Å². The van der Waals surface area contributed by atoms with Crippen LogP contribution < -0.4 is 0 Å². The van der Waals surface area contributed by atoms with Crippen molar-refractivity contribution < 1.29 is 9.90 Å². The number of amides is 1. The molecule has 14 heavy (non-hydrogen) atoms. The van der Waals surface area contributed by atoms with Crippen LogP contribution >= 0.6 is 11.8 Å². The summed E-state index contributed by atoms with van der Waals surface area (Å²) in [5.41, 5.74) is -0.727. The van der Waals surface area contributed by atoms with E-state index in [1.54, 1.807) is 11.8 Å². The van der Waals surface area contributed by atoms with Crippen molar-refractivity contribution >= 4 is 17.7 Å². The zero-order valence-corrected chi connectivity index (χ0v) is 9.01. The van der Waals surface area contributed by atoms with Crippen LogP contribution in [0.25, 0.3) is 0 Å². The minimum atomic E-state index is -0.727. The molecule has 0 aromatic rings. The number of carbonyl (C=O) groups is 1. The van der Waals surface area contributed by atoms with Gasteiger partial charge < -0.3 is 10.0 Å². The molecule has 1 fully saturated rings. The Kier molecular flexibility index (Phi) is 3.78. The van der Waals surface area contributed by atoms with Crippen LogP contribution in [0.5, 0.6) is 0 Å². The molecule has 0 aromatic carbocycles. The topological polar surface area (TPSA) is 64.3 Å². The minimum absolute atomic E-state index is 0.0167. The van der Waals surface area contributed by atoms with Crippen LogP contribution in [0.4, 0.5) is 0 Å². The van der Waals surface area contributed by atoms with Gasteiger partial charge in [0.2, 0.25) is 5.91 Å². The minimum Gasteiger partial charge on any atom is -0.388 e. The van der Waals surface area contributed by atoms with Crippen LogP contribution in [0.15, 0.2) is 0 Å². The van der Waals surface area contributed by atoms with Gasteiger partial charge in [-0.25, -0.2) is 0 Å². The standard InChI is InChI=1S/C9H14N2O2S/c1-9(13)2-4-11(7-9)8(12)6-14-5-3-10/h13H,2,4-7H2,1H3. The first-order valence-electron chi connectivity index (χ1n) is 4.50. The highest BCUT2D eigenvalue weighted by Gasteiger charge is 2.33. The molecular formula is C9H14N2O2S. The molecule has 1 aliphatic rings. The lowest BCUT2D eigenvalue weighted by Crippen LogP contribution is -2.34. The zero-order chi connectivity index (χ0) is 10.6. The molecule has 1 heterocycles. The number of likely N-dealkylation sites (tertiary alicyclic amines) is 1. The fourth-order valence-corrected chi connectivity index (χ4v) is 1.98. The summed E-state index contributed by atoms with van der Waals surface area (Å²) >= 11 is 1.31. The number of thioether (sulfide) groups is 1. The van der Waals surface area contributed by atoms with Gasteiger partial charge in [0.25, 0.3) is 0 Å². The number of nitriles is 1. The zero-order valence-electron chi connectivity index (χ0n) is 8.19. The highest BCUT2D eigenvalue weighted by molar-refractivity contribution is 8.00. The molecule has 4 nitrogen and oxygen atoms in total. The van der Waals surface area contributed by atoms with Crippen LogP contribution in [0, 0.1) is 11.3 Å². The van der Waals surface area contributed by atoms with Gasteiger partial charge in [-0.3, -0.25) is 4.79 Å². The first-order chi connectivity index (χ1) is 6.55. The van der Waals surface area contributed by atoms with E-state index in [9.17, 15) is 9.90 Å². The molecule has 0 aliphatic carbocycles. The monoisotopic (exact) mass is 214 g/mol. The van der Waals surface area contributed by atoms with Crippen LogP contribution in [0.3, 0.4) is 0 Å². The molecule has 0 aromatic heterocycles. The summed E-state index contributed by atoms with van der Waals surface area (Å²) in [6.45, 7) is 2.78. The molecule has 0 bridgehead atoms. The maximum atomic E-state index is 11.5. The number of hydrogen-bond donors (Lipinski definition) is 1. The Labute approximate surface area is 87.9 Å². The van der Waals surface area contributed by atoms with Gasteiger partial charge in [-0.15, -0.1) is 11.8 Å². The summed E-state index contributed by atoms with van der Waals surface area (Å²) in [6.07, 6.45) is 0.641. The summed E-state index contributed by atoms with van der Waals surface area (Å²) in [5, 5.41) is 17.9. The molecule has 1 saturated heterocycles. The normalized spacial score (nSPS) is 26.2. The Morgan fingerprint density at radius 1 is 1.79 bits per heavy atom. The van der Waals surface area contributed by atoms with Gasteiger partial charge in [0, 0.05) is 13.1 Å². The third kappa shape index (κ3) is 3.20. The number of hydrogen-bond acceptors (Lipinski definition) is 4. The van der Waals surface area contributed by atoms with E-state index >= 15 is 0 Å². The molecule has 1 N–H and O–H groups in total. The number of aliphatic hydroxyl groups is 1. The van der Waals surface area contributed by atoms with Crippen LogP contribution in [0.2, 0.25) is 0 Å². The van der Waals surface area contributed by atoms with E-state index in [1.807, 2.05) is 6.07 Å². The quantitative estimate of drug-likeness (QED) is 0.683. The molecule has 1 aliphatic heterocycles. The fourth-order valence-electron chi connectivity index (χ4n) is 1.43. The molecule has 1 unspecified atom stereocenters. The van der Waals surface area contributed by atoms with E-state index in [4.69, 9.17) is 5.26 Å². The first kappa shape index (κ1) is 11.3. The third-order valence-electron chi connectivity index (χ3n) is 2.20. The Bertz CT molecular complexity index is 260. The molecular weight excluding hydrogens is 200 g/mol. The van der Waals surface area contributed by atoms with E-state index in [2.05, 4.69) is 0 Å². The molecule has 5 heteroatoms. The van der Waals surface area contributed by atoms with E-state index in [1.165, 1.54) is 11.8 Å². The maximum absolute atomic E-state index is 11.5. The van der Waals surface area contributed by atoms with Gasteiger partial charge in [-0.1, -0.05) is 0 Å². The fraction of sp³-hybridized carbons (Fsp3) is 0.778. The molecule has 1 rings (SSSR count). The number of carbonyl (C=O) groups excluding carboxylic acids is 1. The predicted octanol–water partition coefficient (Wildman–Crippen LogP) is 0.226. The van der Waals surface area contributed by atoms with Gasteiger partial charge in [-0.2, -0.15) is 5.26 Å². The average Bonchev–Trinajstić information content (AvgIpc) is 2.46. The summed E-state index contributed by atoms with van der Waals surface area (Å²) in [7, 11) is 0. The summed E-state index contributed by atoms with van der Waals surface area (Å²) < 4.78 is 0. The smallest absolute Gasteiger partial charge is 0.232 e. The van der Waals surface area contributed by atoms with Gasteiger partial charge in [-0.05, 0) is 13.3 Å². The highest BCUT2D eigenvalue weighted by atomic mass is 32.2. The van der Waals surface area contributed by atoms with E-state index < -0.39 is 5.60 Å². The van der Waals surface area contributed by atoms with Crippen molar-refractivity contribution in [1.82, 2.24) is 4.90 Å². The van der Waals surface area contributed by atoms with Gasteiger partial charge in [0.15, 0.2) is 0 Å². The second-order valence-electron chi connectivity index (χ2n) is 3.71. The molecule has 1 amide bonds. The van der Waals surface area contributed by atoms with Crippen molar-refractivity contribution in [3.05, 3.63) is 0 Å². The Morgan fingerprint density at radius 3 is 3.00 bits per heavy atom. The van der Waals surface area contributed by atoms with E-state index in [0.29, 0.717) is 31.0 Å². The molecule has 1 atom stereocenters. The van der Waals surface area contributed by atoms with Crippen LogP contribution in [-0.4, -0.2) is 46.1 Å². The Hall–Kier alpha value is -0.730. The molecule has 78 valence electrons. The lowest BCUT2D eigenvalue weighted by atomic mass is 10.1. The Morgan fingerprint density at radius 2 is 2.50 bits per heavy atom. The van der Waals surface area contributed by atoms with Crippen molar-refractivity contribution in [2.75, 3.05) is 24.6 Å². The summed E-state index contributed by atoms with van der Waals surface area (Å²) in [4.78, 5) is 13.1. The van der Waals surface area contributed by atoms with Gasteiger partial charge in [0.05, 0.1) is 23.2 Å². The maximum Gasteiger partial charge on any atom is 0.232 e. The van der Waals surface area contributed by atoms with Gasteiger partial charge >= 0.3 is 0 Å². The number of nitrogens with zero attached hydrogens (tertiary/aromatic N) is 2. The highest BCUT2D eigenvalue weighted by Crippen LogP contribution is 2.20. The molecule has 0 spiro atoms. The number of rotatable bonds is 3. The predicted molar refractivity (Wildman–Crippen MR) is 54.8 cm³/mol. The summed E-state index contributed by atoms with van der Waals surface area (Å²) in [5.74, 6) is 0.697. The molecule has 0 radical (unpaired) electrons. The SMILES string of the molecule is CC1(O)CCN(C(=O)CSCC#N)C1. The Balaban J connectivity index is 2.30. The summed E-state index contributed by atoms with van der Waals surface area (Å²) in [6, 6.07) is 1.97. The van der Waals surface area contributed by atoms with Crippen LogP contribution in [-0.2, 0) is 4.79 Å². The third-order valence-corrected chi connectivity index (χ3v) is 2.98. The van der Waals surface area contributed by atoms with Crippen molar-refractivity contribution in [3.8, 4) is 6.07 Å². The first-order valence-corrected chi connectivity index (χ1v) is 5.65. The van der Waals surface area contributed by atoms with Crippen molar-refractivity contribution in [2.24, 2.45) is 0 Å². The molecule has 0 saturated carbocycles. The van der Waals surface area contributed by atoms with Crippen molar-refractivity contribution in [2.45, 2.75) is 18.9 Å². The number of β-amino-alcohol motifs (C(OH)–C–C–N with tert-alkyl or cyclic N) is 1. The van der Waals surface area contributed by atoms with E-state index in [0.717, 1.165) is 0 Å². The van der Waals surface area contributed by atoms with Crippen molar-refractivity contribution in [1.29, 1.82) is 5.26 Å².